The average molecular weight is 494 g/mol. The summed E-state index contributed by atoms with van der Waals surface area (Å²) < 4.78 is 32.4. The third-order valence-electron chi connectivity index (χ3n) is 5.19. The second kappa shape index (κ2) is 8.04. The fourth-order valence-corrected chi connectivity index (χ4v) is 5.44. The van der Waals surface area contributed by atoms with E-state index < -0.39 is 15.0 Å². The molecule has 0 amide bonds. The Morgan fingerprint density at radius 3 is 2.56 bits per heavy atom. The third-order valence-corrected chi connectivity index (χ3v) is 7.41. The number of aryl methyl sites for hydroxylation is 1. The molecule has 170 valence electrons. The summed E-state index contributed by atoms with van der Waals surface area (Å²) >= 11 is 1.26. The minimum Gasteiger partial charge on any atom is -0.379 e. The van der Waals surface area contributed by atoms with Crippen LogP contribution in [0.5, 0.6) is 5.75 Å². The van der Waals surface area contributed by atoms with Crippen molar-refractivity contribution in [3.05, 3.63) is 103 Å². The van der Waals surface area contributed by atoms with E-state index in [0.717, 1.165) is 17.1 Å². The number of thiazole rings is 1. The molecule has 0 fully saturated rings. The summed E-state index contributed by atoms with van der Waals surface area (Å²) in [6.07, 6.45) is 1.69. The van der Waals surface area contributed by atoms with Gasteiger partial charge in [0.1, 0.15) is 10.6 Å². The maximum atomic E-state index is 12.9. The molecule has 0 atom stereocenters. The number of nitro benzene ring substituents is 1. The molecule has 0 spiro atoms. The summed E-state index contributed by atoms with van der Waals surface area (Å²) in [7, 11) is -4.27. The number of nitro groups is 1. The first kappa shape index (κ1) is 21.7. The first-order valence-electron chi connectivity index (χ1n) is 9.94. The number of benzene rings is 3. The van der Waals surface area contributed by atoms with Crippen LogP contribution in [0.1, 0.15) is 11.1 Å². The van der Waals surface area contributed by atoms with Gasteiger partial charge in [-0.1, -0.05) is 41.7 Å². The zero-order valence-electron chi connectivity index (χ0n) is 17.5. The maximum absolute atomic E-state index is 12.9. The number of para-hydroxylation sites is 2. The largest absolute Gasteiger partial charge is 0.379 e. The molecule has 2 aromatic heterocycles. The normalized spacial score (nSPS) is 12.4. The van der Waals surface area contributed by atoms with Gasteiger partial charge in [-0.2, -0.15) is 8.42 Å². The summed E-state index contributed by atoms with van der Waals surface area (Å²) in [6, 6.07) is 17.1. The highest BCUT2D eigenvalue weighted by atomic mass is 32.2. The number of rotatable bonds is 5. The molecule has 0 saturated carbocycles. The van der Waals surface area contributed by atoms with Gasteiger partial charge in [-0.15, -0.1) is 0 Å². The molecule has 9 nitrogen and oxygen atoms in total. The molecule has 3 aromatic carbocycles. The summed E-state index contributed by atoms with van der Waals surface area (Å²) in [5.74, 6) is 0.0368. The predicted molar refractivity (Wildman–Crippen MR) is 128 cm³/mol. The number of nitrogens with zero attached hydrogens (tertiary/aromatic N) is 3. The van der Waals surface area contributed by atoms with Crippen molar-refractivity contribution in [1.82, 2.24) is 9.38 Å². The van der Waals surface area contributed by atoms with Crippen molar-refractivity contribution < 1.29 is 17.5 Å². The SMILES string of the molecule is Cc1ccc(S(=O)(=O)Oc2ccc(/C=c3\sc4nc5ccccc5n4c3=O)cc2)cc1[N+](=O)[O-]. The fraction of sp³-hybridized carbons (Fsp3) is 0.0435. The van der Waals surface area contributed by atoms with Crippen LogP contribution in [0.4, 0.5) is 5.69 Å². The number of hydrogen-bond donors (Lipinski definition) is 0. The van der Waals surface area contributed by atoms with Crippen LogP contribution in [-0.2, 0) is 10.1 Å². The van der Waals surface area contributed by atoms with Gasteiger partial charge >= 0.3 is 10.1 Å². The zero-order valence-corrected chi connectivity index (χ0v) is 19.2. The smallest absolute Gasteiger partial charge is 0.339 e. The molecule has 0 aliphatic rings. The van der Waals surface area contributed by atoms with Gasteiger partial charge in [0.05, 0.1) is 20.5 Å². The highest BCUT2D eigenvalue weighted by Crippen LogP contribution is 2.25. The molecule has 0 N–H and O–H groups in total. The molecule has 0 aliphatic carbocycles. The van der Waals surface area contributed by atoms with E-state index in [2.05, 4.69) is 4.98 Å². The molecule has 34 heavy (non-hydrogen) atoms. The number of fused-ring (bicyclic) bond motifs is 3. The van der Waals surface area contributed by atoms with Crippen molar-refractivity contribution in [2.75, 3.05) is 0 Å². The van der Waals surface area contributed by atoms with Crippen molar-refractivity contribution in [2.24, 2.45) is 0 Å². The van der Waals surface area contributed by atoms with E-state index >= 15 is 0 Å². The van der Waals surface area contributed by atoms with E-state index in [-0.39, 0.29) is 21.9 Å². The van der Waals surface area contributed by atoms with Gasteiger partial charge in [0, 0.05) is 11.6 Å². The average Bonchev–Trinajstić information content (AvgIpc) is 3.31. The van der Waals surface area contributed by atoms with Gasteiger partial charge in [0.25, 0.3) is 11.2 Å². The van der Waals surface area contributed by atoms with Crippen molar-refractivity contribution in [2.45, 2.75) is 11.8 Å². The van der Waals surface area contributed by atoms with Crippen LogP contribution in [0.25, 0.3) is 22.1 Å². The van der Waals surface area contributed by atoms with Crippen molar-refractivity contribution in [1.29, 1.82) is 0 Å². The van der Waals surface area contributed by atoms with E-state index in [4.69, 9.17) is 4.18 Å². The van der Waals surface area contributed by atoms with Crippen LogP contribution in [0.2, 0.25) is 0 Å². The van der Waals surface area contributed by atoms with Crippen LogP contribution >= 0.6 is 11.3 Å². The number of aromatic nitrogens is 2. The molecule has 0 radical (unpaired) electrons. The third kappa shape index (κ3) is 3.80. The standard InChI is InChI=1S/C23H15N3O6S2/c1-14-6-11-17(13-20(14)26(28)29)34(30,31)32-16-9-7-15(8-10-16)12-21-22(27)25-19-5-3-2-4-18(19)24-23(25)33-21/h2-13H,1H3/b21-12-. The highest BCUT2D eigenvalue weighted by molar-refractivity contribution is 7.87. The van der Waals surface area contributed by atoms with E-state index in [9.17, 15) is 23.3 Å². The van der Waals surface area contributed by atoms with Gasteiger partial charge in [-0.3, -0.25) is 14.9 Å². The Bertz CT molecular complexity index is 1810. The molecular formula is C23H15N3O6S2. The second-order valence-electron chi connectivity index (χ2n) is 7.45. The monoisotopic (exact) mass is 493 g/mol. The molecule has 0 saturated heterocycles. The van der Waals surface area contributed by atoms with E-state index in [1.165, 1.54) is 42.5 Å². The Labute approximate surface area is 196 Å². The minimum atomic E-state index is -4.27. The molecular weight excluding hydrogens is 478 g/mol. The lowest BCUT2D eigenvalue weighted by atomic mass is 10.2. The highest BCUT2D eigenvalue weighted by Gasteiger charge is 2.21. The molecule has 0 unspecified atom stereocenters. The fourth-order valence-electron chi connectivity index (χ4n) is 3.50. The van der Waals surface area contributed by atoms with Crippen molar-refractivity contribution in [3.63, 3.8) is 0 Å². The van der Waals surface area contributed by atoms with Gasteiger partial charge < -0.3 is 4.18 Å². The van der Waals surface area contributed by atoms with Crippen LogP contribution in [-0.4, -0.2) is 22.7 Å². The van der Waals surface area contributed by atoms with Gasteiger partial charge in [-0.05, 0) is 48.9 Å². The Balaban J connectivity index is 1.44. The lowest BCUT2D eigenvalue weighted by Gasteiger charge is -2.08. The molecule has 11 heteroatoms. The van der Waals surface area contributed by atoms with Crippen molar-refractivity contribution in [3.8, 4) is 5.75 Å². The van der Waals surface area contributed by atoms with E-state index in [1.807, 2.05) is 24.3 Å². The van der Waals surface area contributed by atoms with Crippen molar-refractivity contribution >= 4 is 49.2 Å². The van der Waals surface area contributed by atoms with E-state index in [0.29, 0.717) is 20.6 Å². The molecule has 5 rings (SSSR count). The Morgan fingerprint density at radius 1 is 1.09 bits per heavy atom. The van der Waals surface area contributed by atoms with Crippen LogP contribution in [0, 0.1) is 17.0 Å². The summed E-state index contributed by atoms with van der Waals surface area (Å²) in [4.78, 5) is 28.1. The predicted octanol–water partition coefficient (Wildman–Crippen LogP) is 3.44. The van der Waals surface area contributed by atoms with Crippen LogP contribution in [0.15, 0.2) is 76.4 Å². The topological polar surface area (TPSA) is 121 Å². The molecule has 2 heterocycles. The molecule has 0 aliphatic heterocycles. The number of imidazole rings is 1. The minimum absolute atomic E-state index is 0.0368. The Kier molecular flexibility index (Phi) is 5.14. The lowest BCUT2D eigenvalue weighted by molar-refractivity contribution is -0.385. The lowest BCUT2D eigenvalue weighted by Crippen LogP contribution is -2.22. The molecule has 0 bridgehead atoms. The summed E-state index contributed by atoms with van der Waals surface area (Å²) in [6.45, 7) is 1.52. The Hall–Kier alpha value is -4.09. The zero-order chi connectivity index (χ0) is 24.0. The molecule has 5 aromatic rings. The van der Waals surface area contributed by atoms with Gasteiger partial charge in [0.2, 0.25) is 0 Å². The number of hydrogen-bond acceptors (Lipinski definition) is 8. The second-order valence-corrected chi connectivity index (χ2v) is 10.0. The quantitative estimate of drug-likeness (QED) is 0.209. The maximum Gasteiger partial charge on any atom is 0.339 e. The van der Waals surface area contributed by atoms with Crippen LogP contribution in [0.3, 0.4) is 0 Å². The van der Waals surface area contributed by atoms with Crippen LogP contribution < -0.4 is 14.3 Å². The van der Waals surface area contributed by atoms with Gasteiger partial charge in [-0.25, -0.2) is 9.38 Å². The Morgan fingerprint density at radius 2 is 1.82 bits per heavy atom. The summed E-state index contributed by atoms with van der Waals surface area (Å²) in [5.41, 5.74) is 2.01. The first-order valence-corrected chi connectivity index (χ1v) is 12.2. The van der Waals surface area contributed by atoms with E-state index in [1.54, 1.807) is 22.6 Å². The van der Waals surface area contributed by atoms with Gasteiger partial charge in [0.15, 0.2) is 4.96 Å². The first-order chi connectivity index (χ1) is 16.2. The summed E-state index contributed by atoms with van der Waals surface area (Å²) in [5, 5.41) is 11.1.